The molecule has 0 aliphatic rings. The lowest BCUT2D eigenvalue weighted by atomic mass is 10.1. The van der Waals surface area contributed by atoms with E-state index in [0.717, 1.165) is 27.6 Å². The molecular formula is C53H74N8O17. The zero-order valence-corrected chi connectivity index (χ0v) is 45.2. The van der Waals surface area contributed by atoms with Gasteiger partial charge < -0.3 is 74.1 Å². The number of carbonyl (C=O) groups is 6. The third kappa shape index (κ3) is 17.8. The summed E-state index contributed by atoms with van der Waals surface area (Å²) < 4.78 is 33.9. The molecular weight excluding hydrogens is 1020 g/mol. The molecule has 0 spiro atoms. The summed E-state index contributed by atoms with van der Waals surface area (Å²) in [6.07, 6.45) is -7.93. The lowest BCUT2D eigenvalue weighted by Crippen LogP contribution is -2.36. The number of hydrogen-bond acceptors (Lipinski definition) is 21. The number of fused-ring (bicyclic) bond motifs is 6. The maximum atomic E-state index is 13.0. The standard InChI is InChI=1S/C26H34N4O8.C17H22N4O2.C9H14O7.CH4/c1-7-36-12-19-28-20-21(30(19)13-26(5,6)35)17-10-8-9-11-18(17)27-22(20)29-23(32)15(3)37-25(34)16(4)38-24(33)14(2)31;1-4-23-9-13-20-14-15(21(13)10-17(2,3)22)11-7-5-6-8-12(11)19-16(14)18;1-4(10)8(13)16-6(3)9(14)15-5(2)7(11)12;/h8-11,14-16,31,35H,7,12-13H2,1-6H3,(H,27,29,32);5-8,22H,4,9-10H2,1-3H3,(H2,18,19);4-6,10H,1-3H3,(H,11,12);1H4. The molecule has 0 radical (unpaired) electrons. The molecule has 0 saturated heterocycles. The van der Waals surface area contributed by atoms with Gasteiger partial charge in [-0.1, -0.05) is 43.8 Å². The Labute approximate surface area is 451 Å². The first kappa shape index (κ1) is 64.9. The number of carbonyl (C=O) groups excluding carboxylic acids is 5. The Hall–Kier alpha value is -7.42. The lowest BCUT2D eigenvalue weighted by molar-refractivity contribution is -0.177. The molecule has 1 amide bonds. The summed E-state index contributed by atoms with van der Waals surface area (Å²) in [6, 6.07) is 15.1. The van der Waals surface area contributed by atoms with Crippen LogP contribution in [0.15, 0.2) is 48.5 Å². The number of nitrogens with one attached hydrogen (secondary N) is 1. The van der Waals surface area contributed by atoms with Gasteiger partial charge in [-0.2, -0.15) is 0 Å². The van der Waals surface area contributed by atoms with Crippen molar-refractivity contribution in [2.45, 2.75) is 165 Å². The van der Waals surface area contributed by atoms with Crippen molar-refractivity contribution in [2.75, 3.05) is 24.3 Å². The van der Waals surface area contributed by atoms with Crippen LogP contribution in [0.5, 0.6) is 0 Å². The molecule has 0 saturated carbocycles. The van der Waals surface area contributed by atoms with Gasteiger partial charge >= 0.3 is 29.8 Å². The van der Waals surface area contributed by atoms with E-state index in [0.29, 0.717) is 60.1 Å². The van der Waals surface area contributed by atoms with Gasteiger partial charge in [0.2, 0.25) is 0 Å². The Kier molecular flexibility index (Phi) is 23.5. The monoisotopic (exact) mass is 1090 g/mol. The number of para-hydroxylation sites is 2. The number of benzene rings is 2. The van der Waals surface area contributed by atoms with Crippen LogP contribution in [0.25, 0.3) is 43.9 Å². The summed E-state index contributed by atoms with van der Waals surface area (Å²) in [5.41, 5.74) is 8.14. The van der Waals surface area contributed by atoms with Gasteiger partial charge in [0.1, 0.15) is 48.1 Å². The van der Waals surface area contributed by atoms with Gasteiger partial charge in [-0.15, -0.1) is 0 Å². The van der Waals surface area contributed by atoms with Crippen molar-refractivity contribution in [2.24, 2.45) is 0 Å². The van der Waals surface area contributed by atoms with Crippen molar-refractivity contribution in [3.63, 3.8) is 0 Å². The van der Waals surface area contributed by atoms with E-state index in [2.05, 4.69) is 29.7 Å². The molecule has 4 aromatic heterocycles. The molecule has 78 heavy (non-hydrogen) atoms. The number of pyridine rings is 2. The number of aliphatic hydroxyl groups excluding tert-OH is 2. The average molecular weight is 1100 g/mol. The molecule has 6 aromatic rings. The van der Waals surface area contributed by atoms with E-state index in [4.69, 9.17) is 39.9 Å². The third-order valence-electron chi connectivity index (χ3n) is 10.8. The number of imidazole rings is 2. The highest BCUT2D eigenvalue weighted by Gasteiger charge is 2.30. The summed E-state index contributed by atoms with van der Waals surface area (Å²) in [5.74, 6) is -4.05. The van der Waals surface area contributed by atoms with Crippen LogP contribution in [0.1, 0.15) is 102 Å². The Bertz CT molecular complexity index is 3050. The van der Waals surface area contributed by atoms with Crippen molar-refractivity contribution in [3.05, 3.63) is 60.2 Å². The molecule has 428 valence electrons. The first-order valence-electron chi connectivity index (χ1n) is 24.6. The van der Waals surface area contributed by atoms with Crippen LogP contribution >= 0.6 is 0 Å². The Morgan fingerprint density at radius 1 is 0.590 bits per heavy atom. The van der Waals surface area contributed by atoms with Crippen LogP contribution < -0.4 is 11.1 Å². The van der Waals surface area contributed by atoms with Crippen LogP contribution in [0.2, 0.25) is 0 Å². The predicted molar refractivity (Wildman–Crippen MR) is 286 cm³/mol. The molecule has 0 fully saturated rings. The maximum absolute atomic E-state index is 13.0. The van der Waals surface area contributed by atoms with Crippen molar-refractivity contribution in [3.8, 4) is 0 Å². The molecule has 0 bridgehead atoms. The van der Waals surface area contributed by atoms with Gasteiger partial charge in [0.25, 0.3) is 5.91 Å². The number of rotatable bonds is 21. The number of aromatic nitrogens is 6. The quantitative estimate of drug-likeness (QED) is 0.0385. The highest BCUT2D eigenvalue weighted by Crippen LogP contribution is 2.33. The van der Waals surface area contributed by atoms with Crippen LogP contribution in [0.3, 0.4) is 0 Å². The summed E-state index contributed by atoms with van der Waals surface area (Å²) >= 11 is 0. The number of hydrogen-bond donors (Lipinski definition) is 7. The average Bonchev–Trinajstić information content (AvgIpc) is 3.91. The summed E-state index contributed by atoms with van der Waals surface area (Å²) in [5, 5.41) is 51.8. The molecule has 2 aromatic carbocycles. The number of amides is 1. The number of nitrogens with zero attached hydrogens (tertiary/aromatic N) is 6. The van der Waals surface area contributed by atoms with Crippen molar-refractivity contribution < 1.29 is 82.7 Å². The van der Waals surface area contributed by atoms with Gasteiger partial charge in [0.15, 0.2) is 36.1 Å². The fourth-order valence-electron chi connectivity index (χ4n) is 7.10. The fraction of sp³-hybridized carbons (Fsp3) is 0.509. The van der Waals surface area contributed by atoms with E-state index < -0.39 is 83.6 Å². The molecule has 0 aliphatic heterocycles. The van der Waals surface area contributed by atoms with Crippen LogP contribution in [0, 0.1) is 0 Å². The van der Waals surface area contributed by atoms with Crippen molar-refractivity contribution in [1.29, 1.82) is 0 Å². The second kappa shape index (κ2) is 28.3. The maximum Gasteiger partial charge on any atom is 0.347 e. The SMILES string of the molecule is C.CC(O)C(=O)OC(C)C(=O)OC(C)C(=O)O.CCOCc1nc2c(N)nc3ccccc3c2n1CC(C)(C)O.CCOCc1nc2c(NC(=O)C(C)OC(=O)C(C)OC(=O)C(C)O)nc3ccccc3c2n1CC(C)(C)O. The largest absolute Gasteiger partial charge is 0.479 e. The first-order chi connectivity index (χ1) is 36.0. The molecule has 0 aliphatic carbocycles. The number of nitrogen functional groups attached to an aromatic ring is 1. The molecule has 25 nitrogen and oxygen atoms in total. The molecule has 4 heterocycles. The molecule has 6 unspecified atom stereocenters. The van der Waals surface area contributed by atoms with Gasteiger partial charge in [-0.3, -0.25) is 4.79 Å². The van der Waals surface area contributed by atoms with E-state index in [1.807, 2.05) is 65.4 Å². The lowest BCUT2D eigenvalue weighted by Gasteiger charge is -2.21. The second-order valence-corrected chi connectivity index (χ2v) is 19.0. The highest BCUT2D eigenvalue weighted by molar-refractivity contribution is 6.10. The number of carboxylic acids is 1. The number of ether oxygens (including phenoxy) is 6. The molecule has 8 N–H and O–H groups in total. The first-order valence-corrected chi connectivity index (χ1v) is 24.6. The zero-order chi connectivity index (χ0) is 57.7. The van der Waals surface area contributed by atoms with E-state index in [1.165, 1.54) is 41.5 Å². The minimum atomic E-state index is -1.41. The Morgan fingerprint density at radius 3 is 1.38 bits per heavy atom. The third-order valence-corrected chi connectivity index (χ3v) is 10.8. The minimum absolute atomic E-state index is 0. The summed E-state index contributed by atoms with van der Waals surface area (Å²) in [6.45, 7) is 20.4. The van der Waals surface area contributed by atoms with E-state index >= 15 is 0 Å². The normalized spacial score (nSPS) is 13.8. The number of aliphatic hydroxyl groups is 4. The minimum Gasteiger partial charge on any atom is -0.479 e. The number of carboxylic acid groups (broad SMARTS) is 1. The summed E-state index contributed by atoms with van der Waals surface area (Å²) in [4.78, 5) is 87.6. The number of nitrogens with two attached hydrogens (primary N) is 1. The number of esters is 4. The van der Waals surface area contributed by atoms with Crippen LogP contribution in [-0.4, -0.2) is 151 Å². The van der Waals surface area contributed by atoms with Gasteiger partial charge in [-0.25, -0.2) is 43.9 Å². The van der Waals surface area contributed by atoms with Gasteiger partial charge in [0.05, 0.1) is 46.4 Å². The molecule has 25 heteroatoms. The Balaban J connectivity index is 0.000000339. The zero-order valence-electron chi connectivity index (χ0n) is 45.2. The second-order valence-electron chi connectivity index (χ2n) is 19.0. The van der Waals surface area contributed by atoms with Gasteiger partial charge in [-0.05, 0) is 95.2 Å². The van der Waals surface area contributed by atoms with Gasteiger partial charge in [0, 0.05) is 24.0 Å². The van der Waals surface area contributed by atoms with E-state index in [9.17, 15) is 44.1 Å². The smallest absolute Gasteiger partial charge is 0.347 e. The number of anilines is 2. The van der Waals surface area contributed by atoms with Crippen LogP contribution in [0.4, 0.5) is 11.6 Å². The van der Waals surface area contributed by atoms with Crippen molar-refractivity contribution in [1.82, 2.24) is 29.1 Å². The molecule has 6 atom stereocenters. The summed E-state index contributed by atoms with van der Waals surface area (Å²) in [7, 11) is 0. The van der Waals surface area contributed by atoms with Crippen LogP contribution in [-0.2, 0) is 83.5 Å². The number of aliphatic carboxylic acids is 1. The highest BCUT2D eigenvalue weighted by atomic mass is 16.6. The fourth-order valence-corrected chi connectivity index (χ4v) is 7.10. The predicted octanol–water partition coefficient (Wildman–Crippen LogP) is 4.50. The van der Waals surface area contributed by atoms with Crippen molar-refractivity contribution >= 4 is 91.3 Å². The van der Waals surface area contributed by atoms with E-state index in [-0.39, 0.29) is 26.4 Å². The topological polar surface area (TPSA) is 358 Å². The molecule has 6 rings (SSSR count). The van der Waals surface area contributed by atoms with E-state index in [1.54, 1.807) is 33.8 Å². The Morgan fingerprint density at radius 2 is 0.974 bits per heavy atom.